The van der Waals surface area contributed by atoms with E-state index in [1.807, 2.05) is 0 Å². The summed E-state index contributed by atoms with van der Waals surface area (Å²) in [6.07, 6.45) is 0.493. The first-order valence-corrected chi connectivity index (χ1v) is 7.80. The predicted octanol–water partition coefficient (Wildman–Crippen LogP) is 1.26. The van der Waals surface area contributed by atoms with Crippen molar-refractivity contribution in [1.82, 2.24) is 4.31 Å². The molecule has 1 aromatic rings. The van der Waals surface area contributed by atoms with Gasteiger partial charge in [0.05, 0.1) is 12.3 Å². The van der Waals surface area contributed by atoms with Crippen molar-refractivity contribution in [3.8, 4) is 5.75 Å². The Kier molecular flexibility index (Phi) is 4.73. The third-order valence-corrected chi connectivity index (χ3v) is 4.77. The SMILES string of the molecule is O=C(CN1CCCS1(=O)=O)Nc1cccc(OC(F)F)c1. The van der Waals surface area contributed by atoms with Gasteiger partial charge in [-0.15, -0.1) is 0 Å². The number of rotatable bonds is 5. The number of nitrogens with zero attached hydrogens (tertiary/aromatic N) is 1. The average Bonchev–Trinajstić information content (AvgIpc) is 2.68. The van der Waals surface area contributed by atoms with E-state index >= 15 is 0 Å². The van der Waals surface area contributed by atoms with E-state index in [0.717, 1.165) is 4.31 Å². The first kappa shape index (κ1) is 15.6. The van der Waals surface area contributed by atoms with Gasteiger partial charge in [0.2, 0.25) is 15.9 Å². The van der Waals surface area contributed by atoms with E-state index in [1.54, 1.807) is 0 Å². The Balaban J connectivity index is 1.96. The van der Waals surface area contributed by atoms with Gasteiger partial charge in [0.15, 0.2) is 0 Å². The summed E-state index contributed by atoms with van der Waals surface area (Å²) in [5.74, 6) is -0.580. The Morgan fingerprint density at radius 3 is 2.81 bits per heavy atom. The molecule has 0 radical (unpaired) electrons. The molecule has 1 heterocycles. The van der Waals surface area contributed by atoms with Crippen molar-refractivity contribution in [3.63, 3.8) is 0 Å². The summed E-state index contributed by atoms with van der Waals surface area (Å²) in [4.78, 5) is 11.8. The van der Waals surface area contributed by atoms with Crippen molar-refractivity contribution in [2.24, 2.45) is 0 Å². The summed E-state index contributed by atoms with van der Waals surface area (Å²) in [5, 5.41) is 2.45. The van der Waals surface area contributed by atoms with Gasteiger partial charge in [-0.25, -0.2) is 8.42 Å². The smallest absolute Gasteiger partial charge is 0.387 e. The highest BCUT2D eigenvalue weighted by Crippen LogP contribution is 2.19. The highest BCUT2D eigenvalue weighted by Gasteiger charge is 2.29. The number of carbonyl (C=O) groups excluding carboxylic acids is 1. The first-order valence-electron chi connectivity index (χ1n) is 6.19. The molecule has 1 aliphatic rings. The molecule has 1 aromatic carbocycles. The van der Waals surface area contributed by atoms with Gasteiger partial charge in [-0.2, -0.15) is 13.1 Å². The monoisotopic (exact) mass is 320 g/mol. The fourth-order valence-corrected chi connectivity index (χ4v) is 3.45. The van der Waals surface area contributed by atoms with Crippen molar-refractivity contribution in [2.75, 3.05) is 24.2 Å². The molecular formula is C12H14F2N2O4S. The van der Waals surface area contributed by atoms with Crippen molar-refractivity contribution in [1.29, 1.82) is 0 Å². The standard InChI is InChI=1S/C12H14F2N2O4S/c13-12(14)20-10-4-1-3-9(7-10)15-11(17)8-16-5-2-6-21(16,18)19/h1,3-4,7,12H,2,5-6,8H2,(H,15,17). The minimum atomic E-state index is -3.35. The predicted molar refractivity (Wildman–Crippen MR) is 71.7 cm³/mol. The van der Waals surface area contributed by atoms with E-state index in [0.29, 0.717) is 13.0 Å². The number of carbonyl (C=O) groups is 1. The van der Waals surface area contributed by atoms with Crippen LogP contribution >= 0.6 is 0 Å². The third kappa shape index (κ3) is 4.36. The quantitative estimate of drug-likeness (QED) is 0.886. The minimum absolute atomic E-state index is 0.0397. The molecule has 1 amide bonds. The van der Waals surface area contributed by atoms with E-state index in [4.69, 9.17) is 0 Å². The van der Waals surface area contributed by atoms with E-state index < -0.39 is 22.5 Å². The number of benzene rings is 1. The molecule has 2 rings (SSSR count). The van der Waals surface area contributed by atoms with Crippen molar-refractivity contribution in [3.05, 3.63) is 24.3 Å². The summed E-state index contributed by atoms with van der Waals surface area (Å²) in [7, 11) is -3.35. The molecule has 1 aliphatic heterocycles. The maximum absolute atomic E-state index is 12.1. The number of hydrogen-bond acceptors (Lipinski definition) is 4. The number of alkyl halides is 2. The van der Waals surface area contributed by atoms with Gasteiger partial charge in [0, 0.05) is 18.3 Å². The van der Waals surface area contributed by atoms with Crippen molar-refractivity contribution >= 4 is 21.6 Å². The second-order valence-corrected chi connectivity index (χ2v) is 6.55. The van der Waals surface area contributed by atoms with Crippen LogP contribution in [0.1, 0.15) is 6.42 Å². The van der Waals surface area contributed by atoms with Crippen LogP contribution in [-0.2, 0) is 14.8 Å². The number of hydrogen-bond donors (Lipinski definition) is 1. The molecule has 0 saturated carbocycles. The Bertz CT molecular complexity index is 621. The first-order chi connectivity index (χ1) is 9.87. The third-order valence-electron chi connectivity index (χ3n) is 2.87. The molecule has 0 aromatic heterocycles. The van der Waals surface area contributed by atoms with E-state index in [1.165, 1.54) is 24.3 Å². The molecule has 116 valence electrons. The van der Waals surface area contributed by atoms with Crippen LogP contribution in [0.3, 0.4) is 0 Å². The molecular weight excluding hydrogens is 306 g/mol. The zero-order valence-corrected chi connectivity index (χ0v) is 11.8. The molecule has 0 unspecified atom stereocenters. The van der Waals surface area contributed by atoms with Crippen LogP contribution in [-0.4, -0.2) is 44.1 Å². The minimum Gasteiger partial charge on any atom is -0.435 e. The lowest BCUT2D eigenvalue weighted by molar-refractivity contribution is -0.116. The van der Waals surface area contributed by atoms with Gasteiger partial charge in [0.1, 0.15) is 5.75 Å². The normalized spacial score (nSPS) is 17.9. The molecule has 0 aliphatic carbocycles. The summed E-state index contributed by atoms with van der Waals surface area (Å²) in [5.41, 5.74) is 0.259. The average molecular weight is 320 g/mol. The fraction of sp³-hybridized carbons (Fsp3) is 0.417. The second-order valence-electron chi connectivity index (χ2n) is 4.46. The number of ether oxygens (including phenoxy) is 1. The largest absolute Gasteiger partial charge is 0.435 e. The lowest BCUT2D eigenvalue weighted by Gasteiger charge is -2.14. The Morgan fingerprint density at radius 1 is 1.43 bits per heavy atom. The molecule has 0 spiro atoms. The molecule has 1 N–H and O–H groups in total. The Labute approximate surface area is 120 Å². The summed E-state index contributed by atoms with van der Waals surface area (Å²) in [6, 6.07) is 5.50. The molecule has 9 heteroatoms. The number of anilines is 1. The highest BCUT2D eigenvalue weighted by molar-refractivity contribution is 7.89. The van der Waals surface area contributed by atoms with Gasteiger partial charge in [0.25, 0.3) is 0 Å². The van der Waals surface area contributed by atoms with Crippen LogP contribution < -0.4 is 10.1 Å². The highest BCUT2D eigenvalue weighted by atomic mass is 32.2. The van der Waals surface area contributed by atoms with E-state index in [9.17, 15) is 22.0 Å². The summed E-state index contributed by atoms with van der Waals surface area (Å²) >= 11 is 0. The summed E-state index contributed by atoms with van der Waals surface area (Å²) in [6.45, 7) is -2.93. The number of nitrogens with one attached hydrogen (secondary N) is 1. The lowest BCUT2D eigenvalue weighted by Crippen LogP contribution is -2.34. The number of amides is 1. The fourth-order valence-electron chi connectivity index (χ4n) is 1.98. The van der Waals surface area contributed by atoms with Gasteiger partial charge in [-0.3, -0.25) is 4.79 Å². The van der Waals surface area contributed by atoms with Crippen molar-refractivity contribution < 1.29 is 26.7 Å². The number of halogens is 2. The van der Waals surface area contributed by atoms with Crippen LogP contribution in [0.5, 0.6) is 5.75 Å². The molecule has 21 heavy (non-hydrogen) atoms. The summed E-state index contributed by atoms with van der Waals surface area (Å²) < 4.78 is 52.6. The van der Waals surface area contributed by atoms with Gasteiger partial charge in [-0.1, -0.05) is 6.07 Å². The van der Waals surface area contributed by atoms with Crippen LogP contribution in [0.4, 0.5) is 14.5 Å². The van der Waals surface area contributed by atoms with Crippen LogP contribution in [0.15, 0.2) is 24.3 Å². The lowest BCUT2D eigenvalue weighted by atomic mass is 10.3. The molecule has 0 bridgehead atoms. The zero-order valence-electron chi connectivity index (χ0n) is 11.0. The zero-order chi connectivity index (χ0) is 15.5. The van der Waals surface area contributed by atoms with Crippen molar-refractivity contribution in [2.45, 2.75) is 13.0 Å². The maximum atomic E-state index is 12.1. The molecule has 1 fully saturated rings. The van der Waals surface area contributed by atoms with Gasteiger partial charge >= 0.3 is 6.61 Å². The number of sulfonamides is 1. The van der Waals surface area contributed by atoms with E-state index in [-0.39, 0.29) is 23.7 Å². The Morgan fingerprint density at radius 2 is 2.19 bits per heavy atom. The maximum Gasteiger partial charge on any atom is 0.387 e. The van der Waals surface area contributed by atoms with E-state index in [2.05, 4.69) is 10.1 Å². The van der Waals surface area contributed by atoms with Crippen LogP contribution in [0, 0.1) is 0 Å². The molecule has 6 nitrogen and oxygen atoms in total. The van der Waals surface area contributed by atoms with Gasteiger partial charge in [-0.05, 0) is 18.6 Å². The topological polar surface area (TPSA) is 75.7 Å². The van der Waals surface area contributed by atoms with Crippen LogP contribution in [0.25, 0.3) is 0 Å². The van der Waals surface area contributed by atoms with Gasteiger partial charge < -0.3 is 10.1 Å². The van der Waals surface area contributed by atoms with Crippen LogP contribution in [0.2, 0.25) is 0 Å². The molecule has 0 atom stereocenters. The second kappa shape index (κ2) is 6.35. The Hall–Kier alpha value is -1.74. The molecule has 1 saturated heterocycles.